The monoisotopic (exact) mass is 476 g/mol. The second kappa shape index (κ2) is 9.26. The van der Waals surface area contributed by atoms with Crippen LogP contribution in [0.25, 0.3) is 0 Å². The highest BCUT2D eigenvalue weighted by Crippen LogP contribution is 2.34. The van der Waals surface area contributed by atoms with Gasteiger partial charge < -0.3 is 20.3 Å². The maximum atomic E-state index is 12.4. The minimum Gasteiger partial charge on any atom is -0.451 e. The number of amides is 1. The summed E-state index contributed by atoms with van der Waals surface area (Å²) in [5.41, 5.74) is 6.30. The van der Waals surface area contributed by atoms with Crippen LogP contribution in [0.5, 0.6) is 0 Å². The number of piperazine rings is 1. The van der Waals surface area contributed by atoms with Crippen LogP contribution in [-0.2, 0) is 9.53 Å². The first kappa shape index (κ1) is 21.8. The molecular formula is C18H16Cl4N4O3. The molecule has 154 valence electrons. The molecule has 0 atom stereocenters. The molecular weight excluding hydrogens is 462 g/mol. The Morgan fingerprint density at radius 3 is 2.41 bits per heavy atom. The Bertz CT molecular complexity index is 949. The van der Waals surface area contributed by atoms with Gasteiger partial charge in [-0.3, -0.25) is 4.79 Å². The van der Waals surface area contributed by atoms with Crippen molar-refractivity contribution in [1.82, 2.24) is 9.88 Å². The van der Waals surface area contributed by atoms with Crippen molar-refractivity contribution in [2.24, 2.45) is 0 Å². The van der Waals surface area contributed by atoms with Crippen LogP contribution in [0.15, 0.2) is 24.3 Å². The Labute approximate surface area is 187 Å². The van der Waals surface area contributed by atoms with Crippen LogP contribution in [0, 0.1) is 0 Å². The van der Waals surface area contributed by atoms with Gasteiger partial charge in [-0.1, -0.05) is 52.5 Å². The normalized spacial score (nSPS) is 14.1. The van der Waals surface area contributed by atoms with E-state index in [4.69, 9.17) is 56.9 Å². The fourth-order valence-electron chi connectivity index (χ4n) is 2.84. The predicted molar refractivity (Wildman–Crippen MR) is 114 cm³/mol. The first-order valence-corrected chi connectivity index (χ1v) is 10.0. The van der Waals surface area contributed by atoms with Crippen molar-refractivity contribution >= 4 is 69.7 Å². The molecule has 29 heavy (non-hydrogen) atoms. The van der Waals surface area contributed by atoms with E-state index >= 15 is 0 Å². The largest absolute Gasteiger partial charge is 0.451 e. The average molecular weight is 478 g/mol. The fourth-order valence-corrected chi connectivity index (χ4v) is 3.61. The number of benzene rings is 1. The number of aromatic nitrogens is 1. The number of anilines is 2. The molecule has 7 nitrogen and oxygen atoms in total. The van der Waals surface area contributed by atoms with Gasteiger partial charge in [0.2, 0.25) is 0 Å². The van der Waals surface area contributed by atoms with Gasteiger partial charge in [-0.2, -0.15) is 0 Å². The lowest BCUT2D eigenvalue weighted by Crippen LogP contribution is -2.49. The standard InChI is InChI=1S/C18H16Cl4N4O3/c19-10-2-1-3-11(8-10)25-4-6-26(7-5-25)12(27)9-29-18(28)16-13(20)15(23)14(21)17(22)24-16/h1-3,8H,4-7,9H2,(H2,23,24). The second-order valence-electron chi connectivity index (χ2n) is 6.22. The number of pyridine rings is 1. The average Bonchev–Trinajstić information content (AvgIpc) is 2.73. The van der Waals surface area contributed by atoms with Gasteiger partial charge >= 0.3 is 5.97 Å². The van der Waals surface area contributed by atoms with Gasteiger partial charge in [0.15, 0.2) is 17.5 Å². The van der Waals surface area contributed by atoms with Gasteiger partial charge in [-0.25, -0.2) is 9.78 Å². The summed E-state index contributed by atoms with van der Waals surface area (Å²) in [6, 6.07) is 7.52. The highest BCUT2D eigenvalue weighted by molar-refractivity contribution is 6.46. The van der Waals surface area contributed by atoms with Gasteiger partial charge in [-0.15, -0.1) is 0 Å². The molecule has 0 aliphatic carbocycles. The zero-order valence-corrected chi connectivity index (χ0v) is 18.0. The predicted octanol–water partition coefficient (Wildman–Crippen LogP) is 3.78. The van der Waals surface area contributed by atoms with Gasteiger partial charge in [0.05, 0.1) is 10.7 Å². The van der Waals surface area contributed by atoms with Crippen LogP contribution in [0.2, 0.25) is 20.2 Å². The maximum Gasteiger partial charge on any atom is 0.359 e. The minimum absolute atomic E-state index is 0.0538. The fraction of sp³-hybridized carbons (Fsp3) is 0.278. The number of nitrogens with two attached hydrogens (primary N) is 1. The Hall–Kier alpha value is -1.93. The number of rotatable bonds is 4. The molecule has 3 rings (SSSR count). The lowest BCUT2D eigenvalue weighted by molar-refractivity contribution is -0.134. The van der Waals surface area contributed by atoms with Gasteiger partial charge in [-0.05, 0) is 18.2 Å². The van der Waals surface area contributed by atoms with Crippen LogP contribution in [-0.4, -0.2) is 54.5 Å². The maximum absolute atomic E-state index is 12.4. The molecule has 1 aromatic carbocycles. The summed E-state index contributed by atoms with van der Waals surface area (Å²) in [7, 11) is 0. The minimum atomic E-state index is -0.911. The van der Waals surface area contributed by atoms with Crippen molar-refractivity contribution < 1.29 is 14.3 Å². The van der Waals surface area contributed by atoms with E-state index in [-0.39, 0.29) is 32.5 Å². The summed E-state index contributed by atoms with van der Waals surface area (Å²) >= 11 is 23.6. The summed E-state index contributed by atoms with van der Waals surface area (Å²) in [6.07, 6.45) is 0. The third-order valence-corrected chi connectivity index (χ3v) is 5.77. The third-order valence-electron chi connectivity index (χ3n) is 4.40. The third kappa shape index (κ3) is 4.98. The van der Waals surface area contributed by atoms with Crippen molar-refractivity contribution in [3.63, 3.8) is 0 Å². The molecule has 2 aromatic rings. The Balaban J connectivity index is 1.55. The smallest absolute Gasteiger partial charge is 0.359 e. The topological polar surface area (TPSA) is 88.8 Å². The highest BCUT2D eigenvalue weighted by atomic mass is 35.5. The van der Waals surface area contributed by atoms with E-state index in [1.165, 1.54) is 0 Å². The van der Waals surface area contributed by atoms with Crippen molar-refractivity contribution in [1.29, 1.82) is 0 Å². The Kier molecular flexibility index (Phi) is 6.95. The molecule has 1 saturated heterocycles. The molecule has 0 radical (unpaired) electrons. The highest BCUT2D eigenvalue weighted by Gasteiger charge is 2.25. The summed E-state index contributed by atoms with van der Waals surface area (Å²) in [5, 5.41) is 0.251. The molecule has 1 fully saturated rings. The number of esters is 1. The van der Waals surface area contributed by atoms with E-state index < -0.39 is 12.6 Å². The summed E-state index contributed by atoms with van der Waals surface area (Å²) in [6.45, 7) is 1.80. The van der Waals surface area contributed by atoms with Crippen LogP contribution >= 0.6 is 46.4 Å². The van der Waals surface area contributed by atoms with Crippen LogP contribution < -0.4 is 10.6 Å². The number of carbonyl (C=O) groups excluding carboxylic acids is 2. The van der Waals surface area contributed by atoms with E-state index in [0.29, 0.717) is 31.2 Å². The van der Waals surface area contributed by atoms with Gasteiger partial charge in [0, 0.05) is 36.9 Å². The van der Waals surface area contributed by atoms with E-state index in [1.807, 2.05) is 24.3 Å². The van der Waals surface area contributed by atoms with Crippen molar-refractivity contribution in [3.05, 3.63) is 50.2 Å². The van der Waals surface area contributed by atoms with E-state index in [9.17, 15) is 9.59 Å². The van der Waals surface area contributed by atoms with Gasteiger partial charge in [0.25, 0.3) is 5.91 Å². The molecule has 1 aliphatic heterocycles. The molecule has 1 aliphatic rings. The summed E-state index contributed by atoms with van der Waals surface area (Å²) in [5.74, 6) is -1.24. The lowest BCUT2D eigenvalue weighted by atomic mass is 10.2. The van der Waals surface area contributed by atoms with Crippen molar-refractivity contribution in [3.8, 4) is 0 Å². The van der Waals surface area contributed by atoms with Crippen LogP contribution in [0.1, 0.15) is 10.5 Å². The quantitative estimate of drug-likeness (QED) is 0.532. The van der Waals surface area contributed by atoms with Crippen LogP contribution in [0.4, 0.5) is 11.4 Å². The van der Waals surface area contributed by atoms with E-state index in [2.05, 4.69) is 9.88 Å². The zero-order chi connectivity index (χ0) is 21.1. The zero-order valence-electron chi connectivity index (χ0n) is 15.0. The first-order valence-electron chi connectivity index (χ1n) is 8.53. The molecule has 1 amide bonds. The van der Waals surface area contributed by atoms with Gasteiger partial charge in [0.1, 0.15) is 5.02 Å². The molecule has 0 spiro atoms. The number of nitrogens with zero attached hydrogens (tertiary/aromatic N) is 3. The number of hydrogen-bond acceptors (Lipinski definition) is 6. The van der Waals surface area contributed by atoms with Crippen LogP contribution in [0.3, 0.4) is 0 Å². The first-order chi connectivity index (χ1) is 13.8. The van der Waals surface area contributed by atoms with E-state index in [1.54, 1.807) is 4.90 Å². The Morgan fingerprint density at radius 2 is 1.76 bits per heavy atom. The second-order valence-corrected chi connectivity index (χ2v) is 7.77. The number of carbonyl (C=O) groups is 2. The number of hydrogen-bond donors (Lipinski definition) is 1. The lowest BCUT2D eigenvalue weighted by Gasteiger charge is -2.36. The number of nitrogen functional groups attached to an aromatic ring is 1. The number of ether oxygens (including phenoxy) is 1. The Morgan fingerprint density at radius 1 is 1.07 bits per heavy atom. The molecule has 2 N–H and O–H groups in total. The summed E-state index contributed by atoms with van der Waals surface area (Å²) < 4.78 is 5.04. The molecule has 0 saturated carbocycles. The van der Waals surface area contributed by atoms with Crippen molar-refractivity contribution in [2.75, 3.05) is 43.4 Å². The molecule has 1 aromatic heterocycles. The summed E-state index contributed by atoms with van der Waals surface area (Å²) in [4.78, 5) is 32.1. The molecule has 0 bridgehead atoms. The van der Waals surface area contributed by atoms with E-state index in [0.717, 1.165) is 5.69 Å². The van der Waals surface area contributed by atoms with Crippen molar-refractivity contribution in [2.45, 2.75) is 0 Å². The SMILES string of the molecule is Nc1c(Cl)c(Cl)nc(C(=O)OCC(=O)N2CCN(c3cccc(Cl)c3)CC2)c1Cl. The molecule has 11 heteroatoms. The number of halogens is 4. The molecule has 0 unspecified atom stereocenters. The molecule has 2 heterocycles.